The van der Waals surface area contributed by atoms with Crippen LogP contribution < -0.4 is 14.8 Å². The van der Waals surface area contributed by atoms with Crippen molar-refractivity contribution in [2.24, 2.45) is 10.9 Å². The van der Waals surface area contributed by atoms with Crippen molar-refractivity contribution in [2.45, 2.75) is 33.4 Å². The molecule has 1 heterocycles. The Labute approximate surface area is 191 Å². The van der Waals surface area contributed by atoms with Gasteiger partial charge in [0.05, 0.1) is 20.8 Å². The molecule has 0 bridgehead atoms. The number of likely N-dealkylation sites (N-methyl/N-ethyl adjacent to an activating group) is 1. The Kier molecular flexibility index (Phi) is 10.9. The lowest BCUT2D eigenvalue weighted by Gasteiger charge is -2.22. The molecule has 2 rings (SSSR count). The van der Waals surface area contributed by atoms with Crippen LogP contribution in [-0.2, 0) is 19.5 Å². The van der Waals surface area contributed by atoms with Gasteiger partial charge in [-0.25, -0.2) is 4.98 Å². The molecule has 0 spiro atoms. The van der Waals surface area contributed by atoms with Crippen LogP contribution in [0.4, 0.5) is 0 Å². The smallest absolute Gasteiger partial charge is 0.193 e. The quantitative estimate of drug-likeness (QED) is 0.315. The molecule has 7 nitrogen and oxygen atoms in total. The van der Waals surface area contributed by atoms with Gasteiger partial charge in [0.15, 0.2) is 17.5 Å². The number of nitrogens with zero attached hydrogens (tertiary/aromatic N) is 4. The molecule has 0 fully saturated rings. The number of hydrogen-bond donors (Lipinski definition) is 1. The van der Waals surface area contributed by atoms with Crippen molar-refractivity contribution in [1.82, 2.24) is 19.8 Å². The second-order valence-electron chi connectivity index (χ2n) is 7.15. The number of nitrogens with one attached hydrogen (secondary N) is 1. The van der Waals surface area contributed by atoms with Crippen molar-refractivity contribution >= 4 is 29.9 Å². The largest absolute Gasteiger partial charge is 0.493 e. The molecule has 1 aromatic heterocycles. The Bertz CT molecular complexity index is 776. The first kappa shape index (κ1) is 25.1. The average Bonchev–Trinajstić information content (AvgIpc) is 3.12. The first-order chi connectivity index (χ1) is 13.5. The Morgan fingerprint density at radius 1 is 1.24 bits per heavy atom. The molecule has 162 valence electrons. The Morgan fingerprint density at radius 3 is 2.59 bits per heavy atom. The number of methoxy groups -OCH3 is 2. The average molecular weight is 515 g/mol. The first-order valence-corrected chi connectivity index (χ1v) is 9.61. The van der Waals surface area contributed by atoms with Crippen molar-refractivity contribution in [3.05, 3.63) is 42.0 Å². The molecule has 0 aliphatic carbocycles. The number of aromatic nitrogens is 2. The van der Waals surface area contributed by atoms with E-state index in [-0.39, 0.29) is 24.0 Å². The first-order valence-electron chi connectivity index (χ1n) is 9.61. The van der Waals surface area contributed by atoms with Crippen molar-refractivity contribution in [1.29, 1.82) is 0 Å². The Morgan fingerprint density at radius 2 is 1.97 bits per heavy atom. The molecule has 0 radical (unpaired) electrons. The summed E-state index contributed by atoms with van der Waals surface area (Å²) < 4.78 is 12.9. The van der Waals surface area contributed by atoms with Gasteiger partial charge >= 0.3 is 0 Å². The molecule has 0 aliphatic rings. The Balaban J connectivity index is 0.00000420. The van der Waals surface area contributed by atoms with Gasteiger partial charge in [-0.3, -0.25) is 4.99 Å². The fourth-order valence-electron chi connectivity index (χ4n) is 3.05. The number of guanidine groups is 1. The van der Waals surface area contributed by atoms with Gasteiger partial charge in [0, 0.05) is 39.6 Å². The van der Waals surface area contributed by atoms with Crippen LogP contribution in [0.25, 0.3) is 0 Å². The minimum atomic E-state index is 0. The number of aliphatic imine (C=N–C) groups is 1. The topological polar surface area (TPSA) is 63.9 Å². The maximum absolute atomic E-state index is 5.39. The predicted molar refractivity (Wildman–Crippen MR) is 129 cm³/mol. The molecule has 0 atom stereocenters. The number of benzene rings is 1. The SMILES string of the molecule is CN=C(NCc1nccn1CC(C)C)N(C)CCc1ccc(OC)c(OC)c1.I. The highest BCUT2D eigenvalue weighted by atomic mass is 127. The van der Waals surface area contributed by atoms with Crippen LogP contribution >= 0.6 is 24.0 Å². The van der Waals surface area contributed by atoms with Crippen molar-refractivity contribution in [3.8, 4) is 11.5 Å². The van der Waals surface area contributed by atoms with Crippen molar-refractivity contribution in [2.75, 3.05) is 34.9 Å². The van der Waals surface area contributed by atoms with Gasteiger partial charge in [-0.05, 0) is 30.0 Å². The molecule has 0 unspecified atom stereocenters. The summed E-state index contributed by atoms with van der Waals surface area (Å²) in [5.74, 6) is 3.94. The molecule has 2 aromatic rings. The van der Waals surface area contributed by atoms with Crippen LogP contribution in [0, 0.1) is 5.92 Å². The lowest BCUT2D eigenvalue weighted by molar-refractivity contribution is 0.354. The minimum absolute atomic E-state index is 0. The van der Waals surface area contributed by atoms with Gasteiger partial charge in [0.1, 0.15) is 5.82 Å². The van der Waals surface area contributed by atoms with Crippen LogP contribution in [-0.4, -0.2) is 55.3 Å². The van der Waals surface area contributed by atoms with E-state index in [0.717, 1.165) is 42.8 Å². The highest BCUT2D eigenvalue weighted by Gasteiger charge is 2.10. The molecule has 1 aromatic carbocycles. The van der Waals surface area contributed by atoms with E-state index in [1.807, 2.05) is 31.6 Å². The van der Waals surface area contributed by atoms with E-state index >= 15 is 0 Å². The van der Waals surface area contributed by atoms with Crippen LogP contribution in [0.1, 0.15) is 25.2 Å². The summed E-state index contributed by atoms with van der Waals surface area (Å²) in [7, 11) is 7.14. The van der Waals surface area contributed by atoms with Gasteiger partial charge in [0.25, 0.3) is 0 Å². The molecule has 0 saturated heterocycles. The predicted octanol–water partition coefficient (Wildman–Crippen LogP) is 3.42. The summed E-state index contributed by atoms with van der Waals surface area (Å²) >= 11 is 0. The van der Waals surface area contributed by atoms with Crippen LogP contribution in [0.2, 0.25) is 0 Å². The molecule has 8 heteroatoms. The summed E-state index contributed by atoms with van der Waals surface area (Å²) in [6.45, 7) is 6.85. The van der Waals surface area contributed by atoms with E-state index in [1.165, 1.54) is 5.56 Å². The van der Waals surface area contributed by atoms with E-state index in [1.54, 1.807) is 21.3 Å². The highest BCUT2D eigenvalue weighted by Crippen LogP contribution is 2.27. The highest BCUT2D eigenvalue weighted by molar-refractivity contribution is 14.0. The van der Waals surface area contributed by atoms with Gasteiger partial charge in [-0.1, -0.05) is 19.9 Å². The minimum Gasteiger partial charge on any atom is -0.493 e. The van der Waals surface area contributed by atoms with E-state index in [0.29, 0.717) is 12.5 Å². The zero-order valence-corrected chi connectivity index (χ0v) is 20.6. The summed E-state index contributed by atoms with van der Waals surface area (Å²) in [4.78, 5) is 11.0. The van der Waals surface area contributed by atoms with Crippen LogP contribution in [0.3, 0.4) is 0 Å². The van der Waals surface area contributed by atoms with E-state index in [4.69, 9.17) is 9.47 Å². The summed E-state index contributed by atoms with van der Waals surface area (Å²) in [5, 5.41) is 3.41. The maximum Gasteiger partial charge on any atom is 0.193 e. The number of hydrogen-bond acceptors (Lipinski definition) is 4. The summed E-state index contributed by atoms with van der Waals surface area (Å²) in [6.07, 6.45) is 4.75. The fourth-order valence-corrected chi connectivity index (χ4v) is 3.05. The zero-order chi connectivity index (χ0) is 20.5. The third-order valence-corrected chi connectivity index (χ3v) is 4.53. The van der Waals surface area contributed by atoms with Crippen LogP contribution in [0.15, 0.2) is 35.6 Å². The van der Waals surface area contributed by atoms with Crippen molar-refractivity contribution in [3.63, 3.8) is 0 Å². The van der Waals surface area contributed by atoms with Gasteiger partial charge in [-0.2, -0.15) is 0 Å². The molecular weight excluding hydrogens is 481 g/mol. The third-order valence-electron chi connectivity index (χ3n) is 4.53. The molecular formula is C21H34IN5O2. The second-order valence-corrected chi connectivity index (χ2v) is 7.15. The molecule has 0 amide bonds. The number of rotatable bonds is 9. The third kappa shape index (κ3) is 7.41. The van der Waals surface area contributed by atoms with E-state index in [2.05, 4.69) is 44.7 Å². The Hall–Kier alpha value is -1.97. The fraction of sp³-hybridized carbons (Fsp3) is 0.524. The van der Waals surface area contributed by atoms with Crippen molar-refractivity contribution < 1.29 is 9.47 Å². The standard InChI is InChI=1S/C21H33N5O2.HI/c1-16(2)15-26-12-10-23-20(26)14-24-21(22-3)25(4)11-9-17-7-8-18(27-5)19(13-17)28-6;/h7-8,10,12-13,16H,9,11,14-15H2,1-6H3,(H,22,24);1H. The summed E-state index contributed by atoms with van der Waals surface area (Å²) in [5.41, 5.74) is 1.19. The number of halogens is 1. The number of ether oxygens (including phenoxy) is 2. The van der Waals surface area contributed by atoms with Crippen LogP contribution in [0.5, 0.6) is 11.5 Å². The lowest BCUT2D eigenvalue weighted by Crippen LogP contribution is -2.40. The number of imidazole rings is 1. The maximum atomic E-state index is 5.39. The van der Waals surface area contributed by atoms with Gasteiger partial charge in [0.2, 0.25) is 0 Å². The lowest BCUT2D eigenvalue weighted by atomic mass is 10.1. The molecule has 29 heavy (non-hydrogen) atoms. The second kappa shape index (κ2) is 12.6. The molecule has 1 N–H and O–H groups in total. The summed E-state index contributed by atoms with van der Waals surface area (Å²) in [6, 6.07) is 6.02. The van der Waals surface area contributed by atoms with Gasteiger partial charge < -0.3 is 24.3 Å². The molecule has 0 saturated carbocycles. The molecule has 0 aliphatic heterocycles. The normalized spacial score (nSPS) is 11.2. The van der Waals surface area contributed by atoms with Gasteiger partial charge in [-0.15, -0.1) is 24.0 Å². The van der Waals surface area contributed by atoms with E-state index < -0.39 is 0 Å². The zero-order valence-electron chi connectivity index (χ0n) is 18.3. The monoisotopic (exact) mass is 515 g/mol. The van der Waals surface area contributed by atoms with E-state index in [9.17, 15) is 0 Å².